The topological polar surface area (TPSA) is 90.4 Å². The van der Waals surface area contributed by atoms with Gasteiger partial charge >= 0.3 is 0 Å². The van der Waals surface area contributed by atoms with E-state index in [1.165, 1.54) is 4.90 Å². The molecular formula is C27H41N3O5. The van der Waals surface area contributed by atoms with Crippen LogP contribution in [0.15, 0.2) is 24.3 Å². The number of aliphatic hydroxyl groups is 1. The number of ether oxygens (including phenoxy) is 1. The molecule has 0 saturated carbocycles. The van der Waals surface area contributed by atoms with Crippen molar-refractivity contribution >= 4 is 17.7 Å². The number of hydrogen-bond donors (Lipinski definition) is 1. The molecule has 35 heavy (non-hydrogen) atoms. The Kier molecular flexibility index (Phi) is 7.17. The number of aliphatic hydroxyl groups excluding tert-OH is 1. The van der Waals surface area contributed by atoms with E-state index in [1.54, 1.807) is 11.8 Å². The van der Waals surface area contributed by atoms with Crippen molar-refractivity contribution in [2.24, 2.45) is 11.8 Å². The number of amides is 3. The molecule has 8 nitrogen and oxygen atoms in total. The fraction of sp³-hybridized carbons (Fsp3) is 0.741. The molecule has 0 bridgehead atoms. The zero-order chi connectivity index (χ0) is 25.5. The average molecular weight is 488 g/mol. The third kappa shape index (κ3) is 3.75. The predicted octanol–water partition coefficient (Wildman–Crippen LogP) is 2.12. The van der Waals surface area contributed by atoms with E-state index in [2.05, 4.69) is 6.92 Å². The second kappa shape index (κ2) is 9.69. The van der Waals surface area contributed by atoms with Gasteiger partial charge in [-0.25, -0.2) is 0 Å². The van der Waals surface area contributed by atoms with Crippen LogP contribution in [0, 0.1) is 11.8 Å². The molecular weight excluding hydrogens is 446 g/mol. The van der Waals surface area contributed by atoms with Gasteiger partial charge in [-0.1, -0.05) is 51.5 Å². The van der Waals surface area contributed by atoms with Gasteiger partial charge < -0.3 is 24.5 Å². The molecule has 2 unspecified atom stereocenters. The molecule has 1 N–H and O–H groups in total. The molecule has 4 rings (SSSR count). The second-order valence-corrected chi connectivity index (χ2v) is 10.6. The summed E-state index contributed by atoms with van der Waals surface area (Å²) in [7, 11) is 0. The van der Waals surface area contributed by atoms with Gasteiger partial charge in [0.2, 0.25) is 17.7 Å². The molecule has 0 aromatic carbocycles. The van der Waals surface area contributed by atoms with Gasteiger partial charge in [-0.2, -0.15) is 0 Å². The van der Waals surface area contributed by atoms with Crippen molar-refractivity contribution in [3.63, 3.8) is 0 Å². The van der Waals surface area contributed by atoms with Crippen LogP contribution in [0.3, 0.4) is 0 Å². The van der Waals surface area contributed by atoms with Crippen LogP contribution >= 0.6 is 0 Å². The summed E-state index contributed by atoms with van der Waals surface area (Å²) in [4.78, 5) is 47.5. The van der Waals surface area contributed by atoms with Crippen LogP contribution < -0.4 is 0 Å². The second-order valence-electron chi connectivity index (χ2n) is 10.6. The smallest absolute Gasteiger partial charge is 0.249 e. The monoisotopic (exact) mass is 487 g/mol. The third-order valence-electron chi connectivity index (χ3n) is 8.46. The van der Waals surface area contributed by atoms with E-state index < -0.39 is 35.1 Å². The van der Waals surface area contributed by atoms with Gasteiger partial charge in [0.15, 0.2) is 0 Å². The first-order valence-electron chi connectivity index (χ1n) is 13.3. The quantitative estimate of drug-likeness (QED) is 0.530. The summed E-state index contributed by atoms with van der Waals surface area (Å²) in [5.41, 5.74) is -2.21. The minimum atomic E-state index is -1.26. The lowest BCUT2D eigenvalue weighted by Crippen LogP contribution is -2.59. The standard InChI is InChI=1S/C27H41N3O5/c1-6-11-18(4)29-16-10-13-27-21(24(33)30(19(5)17-31)22(27)25(29)34)20-23(32)28(14-7-2)15-9-12-26(20,8-3)35-27/h9-10,12-13,18-22,31H,6-8,11,14-17H2,1-5H3/t18?,19-,20-,21+,22?,26+,27+/m1/s1. The first kappa shape index (κ1) is 25.9. The van der Waals surface area contributed by atoms with Crippen LogP contribution in [0.1, 0.15) is 60.3 Å². The maximum atomic E-state index is 14.2. The summed E-state index contributed by atoms with van der Waals surface area (Å²) in [5.74, 6) is -2.08. The van der Waals surface area contributed by atoms with Gasteiger partial charge in [-0.05, 0) is 33.1 Å². The van der Waals surface area contributed by atoms with Gasteiger partial charge in [0.25, 0.3) is 0 Å². The summed E-state index contributed by atoms with van der Waals surface area (Å²) in [6.45, 7) is 11.1. The third-order valence-corrected chi connectivity index (χ3v) is 8.46. The number of rotatable bonds is 8. The first-order chi connectivity index (χ1) is 16.7. The summed E-state index contributed by atoms with van der Waals surface area (Å²) in [6, 6.07) is -1.49. The highest BCUT2D eigenvalue weighted by molar-refractivity contribution is 6.00. The molecule has 0 radical (unpaired) electrons. The molecule has 8 heteroatoms. The van der Waals surface area contributed by atoms with Gasteiger partial charge in [0.05, 0.1) is 30.1 Å². The molecule has 1 spiro atoms. The highest BCUT2D eigenvalue weighted by Gasteiger charge is 2.75. The van der Waals surface area contributed by atoms with Crippen molar-refractivity contribution in [1.29, 1.82) is 0 Å². The first-order valence-corrected chi connectivity index (χ1v) is 13.3. The number of carbonyl (C=O) groups excluding carboxylic acids is 3. The zero-order valence-corrected chi connectivity index (χ0v) is 21.8. The van der Waals surface area contributed by atoms with Crippen LogP contribution in [0.2, 0.25) is 0 Å². The van der Waals surface area contributed by atoms with E-state index in [0.717, 1.165) is 19.3 Å². The molecule has 0 aromatic heterocycles. The Hall–Kier alpha value is -2.19. The van der Waals surface area contributed by atoms with Crippen LogP contribution in [0.25, 0.3) is 0 Å². The number of hydrogen-bond acceptors (Lipinski definition) is 5. The molecule has 2 saturated heterocycles. The average Bonchev–Trinajstić information content (AvgIpc) is 3.14. The van der Waals surface area contributed by atoms with Crippen LogP contribution in [-0.2, 0) is 19.1 Å². The highest BCUT2D eigenvalue weighted by Crippen LogP contribution is 2.58. The van der Waals surface area contributed by atoms with E-state index >= 15 is 0 Å². The SMILES string of the molecule is CCCC(C)N1CC=C[C@]23O[C@@]4(CC)C=CCN(CCC)C(=O)[C@H]4[C@H]2C(=O)N([C@H](C)CO)C3C1=O. The molecule has 4 heterocycles. The maximum absolute atomic E-state index is 14.2. The van der Waals surface area contributed by atoms with Gasteiger partial charge in [0.1, 0.15) is 11.6 Å². The van der Waals surface area contributed by atoms with E-state index in [9.17, 15) is 19.5 Å². The van der Waals surface area contributed by atoms with E-state index in [1.807, 2.05) is 50.0 Å². The van der Waals surface area contributed by atoms with Crippen LogP contribution in [0.4, 0.5) is 0 Å². The highest BCUT2D eigenvalue weighted by atomic mass is 16.5. The van der Waals surface area contributed by atoms with Crippen molar-refractivity contribution in [3.8, 4) is 0 Å². The fourth-order valence-corrected chi connectivity index (χ4v) is 6.77. The molecule has 2 fully saturated rings. The van der Waals surface area contributed by atoms with E-state index in [-0.39, 0.29) is 30.4 Å². The Balaban J connectivity index is 1.88. The predicted molar refractivity (Wildman–Crippen MR) is 132 cm³/mol. The number of nitrogens with zero attached hydrogens (tertiary/aromatic N) is 3. The van der Waals surface area contributed by atoms with Gasteiger partial charge in [-0.15, -0.1) is 0 Å². The van der Waals surface area contributed by atoms with Crippen molar-refractivity contribution in [1.82, 2.24) is 14.7 Å². The number of likely N-dealkylation sites (tertiary alicyclic amines) is 1. The Morgan fingerprint density at radius 2 is 1.69 bits per heavy atom. The van der Waals surface area contributed by atoms with Crippen molar-refractivity contribution in [2.45, 2.75) is 89.6 Å². The molecule has 4 aliphatic rings. The van der Waals surface area contributed by atoms with Gasteiger partial charge in [-0.3, -0.25) is 14.4 Å². The maximum Gasteiger partial charge on any atom is 0.249 e. The molecule has 0 aromatic rings. The lowest BCUT2D eigenvalue weighted by Gasteiger charge is -2.41. The Morgan fingerprint density at radius 1 is 0.971 bits per heavy atom. The summed E-state index contributed by atoms with van der Waals surface area (Å²) < 4.78 is 6.92. The lowest BCUT2D eigenvalue weighted by atomic mass is 9.73. The number of fused-ring (bicyclic) bond motifs is 2. The molecule has 194 valence electrons. The largest absolute Gasteiger partial charge is 0.394 e. The fourth-order valence-electron chi connectivity index (χ4n) is 6.77. The lowest BCUT2D eigenvalue weighted by molar-refractivity contribution is -0.157. The van der Waals surface area contributed by atoms with Gasteiger partial charge in [0, 0.05) is 25.7 Å². The zero-order valence-electron chi connectivity index (χ0n) is 21.8. The minimum absolute atomic E-state index is 0.00123. The van der Waals surface area contributed by atoms with Crippen molar-refractivity contribution < 1.29 is 24.2 Å². The van der Waals surface area contributed by atoms with Crippen LogP contribution in [0.5, 0.6) is 0 Å². The Labute approximate surface area is 208 Å². The molecule has 0 aliphatic carbocycles. The Morgan fingerprint density at radius 3 is 2.31 bits per heavy atom. The summed E-state index contributed by atoms with van der Waals surface area (Å²) in [5, 5.41) is 10.1. The van der Waals surface area contributed by atoms with E-state index in [4.69, 9.17) is 4.74 Å². The molecule has 3 amide bonds. The van der Waals surface area contributed by atoms with Crippen LogP contribution in [-0.4, -0.2) is 93.1 Å². The Bertz CT molecular complexity index is 918. The van der Waals surface area contributed by atoms with Crippen molar-refractivity contribution in [3.05, 3.63) is 24.3 Å². The van der Waals surface area contributed by atoms with Crippen molar-refractivity contribution in [2.75, 3.05) is 26.2 Å². The molecule has 7 atom stereocenters. The normalized spacial score (nSPS) is 36.1. The minimum Gasteiger partial charge on any atom is -0.394 e. The summed E-state index contributed by atoms with van der Waals surface area (Å²) in [6.07, 6.45) is 10.9. The summed E-state index contributed by atoms with van der Waals surface area (Å²) >= 11 is 0. The number of carbonyl (C=O) groups is 3. The molecule has 4 aliphatic heterocycles. The van der Waals surface area contributed by atoms with E-state index in [0.29, 0.717) is 26.1 Å².